The highest BCUT2D eigenvalue weighted by Gasteiger charge is 2.47. The van der Waals surface area contributed by atoms with E-state index in [1.807, 2.05) is 19.9 Å². The van der Waals surface area contributed by atoms with E-state index in [1.165, 1.54) is 6.08 Å². The molecule has 1 fully saturated rings. The fourth-order valence-corrected chi connectivity index (χ4v) is 2.26. The van der Waals surface area contributed by atoms with Crippen LogP contribution in [-0.2, 0) is 9.47 Å². The van der Waals surface area contributed by atoms with Crippen molar-refractivity contribution in [2.45, 2.75) is 69.6 Å². The van der Waals surface area contributed by atoms with Gasteiger partial charge in [-0.15, -0.1) is 6.58 Å². The summed E-state index contributed by atoms with van der Waals surface area (Å²) in [5.74, 6) is 0. The Morgan fingerprint density at radius 1 is 1.26 bits per heavy atom. The Hall–Kier alpha value is -0.800. The zero-order valence-electron chi connectivity index (χ0n) is 13.8. The number of hydrogen-bond donors (Lipinski definition) is 5. The van der Waals surface area contributed by atoms with Crippen LogP contribution < -0.4 is 0 Å². The van der Waals surface area contributed by atoms with Crippen molar-refractivity contribution >= 4 is 0 Å². The lowest BCUT2D eigenvalue weighted by atomic mass is 9.94. The Bertz CT molecular complexity index is 419. The first-order valence-electron chi connectivity index (χ1n) is 7.59. The second-order valence-corrected chi connectivity index (χ2v) is 6.24. The van der Waals surface area contributed by atoms with Gasteiger partial charge in [-0.2, -0.15) is 0 Å². The van der Waals surface area contributed by atoms with Crippen molar-refractivity contribution in [3.8, 4) is 0 Å². The van der Waals surface area contributed by atoms with Gasteiger partial charge in [-0.1, -0.05) is 17.7 Å². The van der Waals surface area contributed by atoms with Gasteiger partial charge in [0.15, 0.2) is 6.29 Å². The standard InChI is InChI=1S/C16H28O7/c1-5-16(4,11(18)7-6-9(2)3)23-15-14(21)13(20)12(19)10(8-17)22-15/h5-6,10-15,17-21H,1,7-8H2,2-4H3/t10-,11?,12-,13+,14-,15?,16?/m1/s1. The molecule has 1 aliphatic rings. The molecule has 0 aliphatic carbocycles. The molecule has 1 rings (SSSR count). The summed E-state index contributed by atoms with van der Waals surface area (Å²) >= 11 is 0. The summed E-state index contributed by atoms with van der Waals surface area (Å²) in [6.07, 6.45) is -4.33. The predicted molar refractivity (Wildman–Crippen MR) is 83.5 cm³/mol. The molecule has 3 unspecified atom stereocenters. The van der Waals surface area contributed by atoms with Crippen LogP contribution in [0.25, 0.3) is 0 Å². The number of aliphatic hydroxyl groups excluding tert-OH is 5. The molecule has 1 saturated heterocycles. The topological polar surface area (TPSA) is 120 Å². The second-order valence-electron chi connectivity index (χ2n) is 6.24. The molecule has 0 aromatic rings. The van der Waals surface area contributed by atoms with Crippen LogP contribution in [0.1, 0.15) is 27.2 Å². The summed E-state index contributed by atoms with van der Waals surface area (Å²) in [6, 6.07) is 0. The maximum Gasteiger partial charge on any atom is 0.187 e. The van der Waals surface area contributed by atoms with Crippen LogP contribution in [0, 0.1) is 0 Å². The molecule has 134 valence electrons. The Morgan fingerprint density at radius 3 is 2.35 bits per heavy atom. The second kappa shape index (κ2) is 8.34. The summed E-state index contributed by atoms with van der Waals surface area (Å²) in [4.78, 5) is 0. The molecule has 0 aromatic heterocycles. The summed E-state index contributed by atoms with van der Waals surface area (Å²) < 4.78 is 10.9. The number of rotatable bonds is 7. The van der Waals surface area contributed by atoms with Gasteiger partial charge in [-0.05, 0) is 27.2 Å². The van der Waals surface area contributed by atoms with Crippen LogP contribution in [0.15, 0.2) is 24.3 Å². The minimum Gasteiger partial charge on any atom is -0.394 e. The van der Waals surface area contributed by atoms with Crippen LogP contribution in [0.3, 0.4) is 0 Å². The molecule has 23 heavy (non-hydrogen) atoms. The monoisotopic (exact) mass is 332 g/mol. The van der Waals surface area contributed by atoms with Gasteiger partial charge in [0.25, 0.3) is 0 Å². The van der Waals surface area contributed by atoms with Crippen molar-refractivity contribution in [3.63, 3.8) is 0 Å². The van der Waals surface area contributed by atoms with Gasteiger partial charge >= 0.3 is 0 Å². The van der Waals surface area contributed by atoms with E-state index in [-0.39, 0.29) is 0 Å². The maximum absolute atomic E-state index is 10.3. The van der Waals surface area contributed by atoms with Gasteiger partial charge in [0.05, 0.1) is 12.7 Å². The molecule has 5 N–H and O–H groups in total. The van der Waals surface area contributed by atoms with Crippen LogP contribution in [0.4, 0.5) is 0 Å². The van der Waals surface area contributed by atoms with Gasteiger partial charge in [0, 0.05) is 0 Å². The molecule has 1 heterocycles. The van der Waals surface area contributed by atoms with E-state index in [0.29, 0.717) is 6.42 Å². The van der Waals surface area contributed by atoms with Crippen LogP contribution in [0.2, 0.25) is 0 Å². The van der Waals surface area contributed by atoms with E-state index in [4.69, 9.17) is 9.47 Å². The lowest BCUT2D eigenvalue weighted by molar-refractivity contribution is -0.326. The highest BCUT2D eigenvalue weighted by molar-refractivity contribution is 5.05. The summed E-state index contributed by atoms with van der Waals surface area (Å²) in [6.45, 7) is 8.47. The SMILES string of the molecule is C=CC(C)(OC1O[C@H](CO)[C@@H](O)[C@H](O)[C@H]1O)C(O)CC=C(C)C. The molecule has 7 atom stereocenters. The average Bonchev–Trinajstić information content (AvgIpc) is 2.52. The largest absolute Gasteiger partial charge is 0.394 e. The molecule has 0 saturated carbocycles. The third kappa shape index (κ3) is 4.84. The molecular formula is C16H28O7. The van der Waals surface area contributed by atoms with Gasteiger partial charge in [-0.3, -0.25) is 0 Å². The van der Waals surface area contributed by atoms with Gasteiger partial charge in [-0.25, -0.2) is 0 Å². The lowest BCUT2D eigenvalue weighted by Crippen LogP contribution is -2.61. The van der Waals surface area contributed by atoms with Crippen molar-refractivity contribution in [2.75, 3.05) is 6.61 Å². The zero-order chi connectivity index (χ0) is 17.8. The van der Waals surface area contributed by atoms with Crippen LogP contribution >= 0.6 is 0 Å². The van der Waals surface area contributed by atoms with Crippen LogP contribution in [-0.4, -0.2) is 74.6 Å². The molecule has 0 aromatic carbocycles. The van der Waals surface area contributed by atoms with E-state index in [9.17, 15) is 25.5 Å². The van der Waals surface area contributed by atoms with Gasteiger partial charge in [0.1, 0.15) is 30.0 Å². The predicted octanol–water partition coefficient (Wildman–Crippen LogP) is -0.535. The molecule has 0 amide bonds. The van der Waals surface area contributed by atoms with Crippen LogP contribution in [0.5, 0.6) is 0 Å². The smallest absolute Gasteiger partial charge is 0.187 e. The number of ether oxygens (including phenoxy) is 2. The van der Waals surface area contributed by atoms with Gasteiger partial charge in [0.2, 0.25) is 0 Å². The molecular weight excluding hydrogens is 304 g/mol. The molecule has 0 spiro atoms. The van der Waals surface area contributed by atoms with Crippen molar-refractivity contribution in [1.82, 2.24) is 0 Å². The van der Waals surface area contributed by atoms with Crippen molar-refractivity contribution in [3.05, 3.63) is 24.3 Å². The minimum atomic E-state index is -1.53. The van der Waals surface area contributed by atoms with Crippen molar-refractivity contribution in [2.24, 2.45) is 0 Å². The summed E-state index contributed by atoms with van der Waals surface area (Å²) in [5.41, 5.74) is -0.220. The third-order valence-electron chi connectivity index (χ3n) is 4.03. The van der Waals surface area contributed by atoms with Gasteiger partial charge < -0.3 is 35.0 Å². The zero-order valence-corrected chi connectivity index (χ0v) is 13.8. The van der Waals surface area contributed by atoms with E-state index in [0.717, 1.165) is 5.57 Å². The lowest BCUT2D eigenvalue weighted by Gasteiger charge is -2.43. The number of allylic oxidation sites excluding steroid dienone is 1. The highest BCUT2D eigenvalue weighted by atomic mass is 16.7. The average molecular weight is 332 g/mol. The Morgan fingerprint density at radius 2 is 1.87 bits per heavy atom. The maximum atomic E-state index is 10.3. The van der Waals surface area contributed by atoms with E-state index >= 15 is 0 Å². The molecule has 0 radical (unpaired) electrons. The summed E-state index contributed by atoms with van der Waals surface area (Å²) in [5, 5.41) is 49.1. The molecule has 0 bridgehead atoms. The van der Waals surface area contributed by atoms with Crippen molar-refractivity contribution in [1.29, 1.82) is 0 Å². The molecule has 1 aliphatic heterocycles. The first kappa shape index (κ1) is 20.2. The fourth-order valence-electron chi connectivity index (χ4n) is 2.26. The first-order valence-corrected chi connectivity index (χ1v) is 7.59. The Kier molecular flexibility index (Phi) is 7.34. The van der Waals surface area contributed by atoms with E-state index in [2.05, 4.69) is 6.58 Å². The van der Waals surface area contributed by atoms with E-state index in [1.54, 1.807) is 6.92 Å². The van der Waals surface area contributed by atoms with Crippen molar-refractivity contribution < 1.29 is 35.0 Å². The Balaban J connectivity index is 2.87. The van der Waals surface area contributed by atoms with E-state index < -0.39 is 49.0 Å². The Labute approximate surface area is 136 Å². The third-order valence-corrected chi connectivity index (χ3v) is 4.03. The fraction of sp³-hybridized carbons (Fsp3) is 0.750. The highest BCUT2D eigenvalue weighted by Crippen LogP contribution is 2.29. The molecule has 7 nitrogen and oxygen atoms in total. The number of aliphatic hydroxyl groups is 5. The number of hydrogen-bond acceptors (Lipinski definition) is 7. The first-order chi connectivity index (χ1) is 10.7. The quantitative estimate of drug-likeness (QED) is 0.397. The minimum absolute atomic E-state index is 0.308. The summed E-state index contributed by atoms with van der Waals surface area (Å²) in [7, 11) is 0. The normalized spacial score (nSPS) is 35.2. The molecule has 7 heteroatoms.